The van der Waals surface area contributed by atoms with Crippen molar-refractivity contribution in [1.82, 2.24) is 9.47 Å². The van der Waals surface area contributed by atoms with Crippen molar-refractivity contribution in [2.75, 3.05) is 26.3 Å². The Morgan fingerprint density at radius 3 is 2.57 bits per heavy atom. The first-order valence-corrected chi connectivity index (χ1v) is 8.09. The minimum absolute atomic E-state index is 0.836. The first-order valence-electron chi connectivity index (χ1n) is 7.29. The standard InChI is InChI=1S/C17H17BrN2O/c18-13-5-6-17-15(11-13)14-3-1-2-4-16(14)20(17)12-19-7-9-21-10-8-19/h1-6,11H,7-10,12H2. The lowest BCUT2D eigenvalue weighted by Crippen LogP contribution is -2.37. The summed E-state index contributed by atoms with van der Waals surface area (Å²) < 4.78 is 9.00. The number of morpholine rings is 1. The first kappa shape index (κ1) is 13.3. The predicted molar refractivity (Wildman–Crippen MR) is 89.5 cm³/mol. The molecule has 0 bridgehead atoms. The van der Waals surface area contributed by atoms with E-state index in [4.69, 9.17) is 4.74 Å². The lowest BCUT2D eigenvalue weighted by molar-refractivity contribution is 0.0248. The first-order chi connectivity index (χ1) is 10.3. The van der Waals surface area contributed by atoms with E-state index < -0.39 is 0 Å². The summed E-state index contributed by atoms with van der Waals surface area (Å²) in [5.74, 6) is 0. The van der Waals surface area contributed by atoms with Crippen LogP contribution in [0.25, 0.3) is 21.8 Å². The van der Waals surface area contributed by atoms with E-state index in [9.17, 15) is 0 Å². The summed E-state index contributed by atoms with van der Waals surface area (Å²) in [6, 6.07) is 15.2. The fraction of sp³-hybridized carbons (Fsp3) is 0.294. The van der Waals surface area contributed by atoms with Crippen LogP contribution in [0.5, 0.6) is 0 Å². The van der Waals surface area contributed by atoms with Crippen molar-refractivity contribution in [2.45, 2.75) is 6.67 Å². The zero-order valence-electron chi connectivity index (χ0n) is 11.8. The SMILES string of the molecule is Brc1ccc2c(c1)c1ccccc1n2CN1CCOCC1. The molecule has 0 spiro atoms. The number of rotatable bonds is 2. The van der Waals surface area contributed by atoms with Crippen LogP contribution in [-0.4, -0.2) is 35.8 Å². The van der Waals surface area contributed by atoms with E-state index in [1.54, 1.807) is 0 Å². The molecule has 0 unspecified atom stereocenters. The molecule has 1 fully saturated rings. The molecule has 1 aliphatic heterocycles. The van der Waals surface area contributed by atoms with E-state index in [1.807, 2.05) is 0 Å². The Morgan fingerprint density at radius 1 is 0.952 bits per heavy atom. The maximum absolute atomic E-state index is 5.45. The van der Waals surface area contributed by atoms with Crippen LogP contribution in [0, 0.1) is 0 Å². The molecule has 0 atom stereocenters. The van der Waals surface area contributed by atoms with Crippen LogP contribution in [0.2, 0.25) is 0 Å². The molecule has 108 valence electrons. The van der Waals surface area contributed by atoms with Gasteiger partial charge in [-0.15, -0.1) is 0 Å². The van der Waals surface area contributed by atoms with Gasteiger partial charge in [-0.1, -0.05) is 34.1 Å². The minimum Gasteiger partial charge on any atom is -0.379 e. The molecule has 0 amide bonds. The van der Waals surface area contributed by atoms with Gasteiger partial charge >= 0.3 is 0 Å². The largest absolute Gasteiger partial charge is 0.379 e. The van der Waals surface area contributed by atoms with Crippen LogP contribution in [0.3, 0.4) is 0 Å². The Bertz CT molecular complexity index is 790. The van der Waals surface area contributed by atoms with Crippen molar-refractivity contribution >= 4 is 37.7 Å². The minimum atomic E-state index is 0.836. The Kier molecular flexibility index (Phi) is 3.45. The molecule has 4 heteroatoms. The highest BCUT2D eigenvalue weighted by atomic mass is 79.9. The van der Waals surface area contributed by atoms with Gasteiger partial charge in [-0.25, -0.2) is 0 Å². The fourth-order valence-corrected chi connectivity index (χ4v) is 3.48. The van der Waals surface area contributed by atoms with Crippen molar-refractivity contribution < 1.29 is 4.74 Å². The normalized spacial score (nSPS) is 16.8. The number of para-hydroxylation sites is 1. The zero-order valence-corrected chi connectivity index (χ0v) is 13.3. The van der Waals surface area contributed by atoms with Gasteiger partial charge in [0.15, 0.2) is 0 Å². The van der Waals surface area contributed by atoms with Gasteiger partial charge in [-0.3, -0.25) is 4.90 Å². The van der Waals surface area contributed by atoms with E-state index in [0.717, 1.165) is 37.4 Å². The third-order valence-electron chi connectivity index (χ3n) is 4.18. The molecule has 21 heavy (non-hydrogen) atoms. The quantitative estimate of drug-likeness (QED) is 0.702. The third-order valence-corrected chi connectivity index (χ3v) is 4.67. The molecular formula is C17H17BrN2O. The summed E-state index contributed by atoms with van der Waals surface area (Å²) in [5, 5.41) is 2.63. The van der Waals surface area contributed by atoms with Crippen molar-refractivity contribution in [3.63, 3.8) is 0 Å². The van der Waals surface area contributed by atoms with Crippen molar-refractivity contribution in [1.29, 1.82) is 0 Å². The van der Waals surface area contributed by atoms with Gasteiger partial charge in [0.05, 0.1) is 30.9 Å². The number of halogens is 1. The second-order valence-corrected chi connectivity index (χ2v) is 6.39. The number of nitrogens with zero attached hydrogens (tertiary/aromatic N) is 2. The molecule has 1 aliphatic rings. The molecule has 1 saturated heterocycles. The van der Waals surface area contributed by atoms with Crippen LogP contribution in [0.4, 0.5) is 0 Å². The van der Waals surface area contributed by atoms with E-state index in [-0.39, 0.29) is 0 Å². The van der Waals surface area contributed by atoms with Gasteiger partial charge in [0.25, 0.3) is 0 Å². The van der Waals surface area contributed by atoms with E-state index >= 15 is 0 Å². The topological polar surface area (TPSA) is 17.4 Å². The molecule has 2 aromatic carbocycles. The average Bonchev–Trinajstić information content (AvgIpc) is 2.82. The molecule has 2 heterocycles. The average molecular weight is 345 g/mol. The smallest absolute Gasteiger partial charge is 0.0758 e. The number of hydrogen-bond donors (Lipinski definition) is 0. The summed E-state index contributed by atoms with van der Waals surface area (Å²) in [7, 11) is 0. The fourth-order valence-electron chi connectivity index (χ4n) is 3.12. The van der Waals surface area contributed by atoms with Crippen LogP contribution in [-0.2, 0) is 11.4 Å². The highest BCUT2D eigenvalue weighted by Crippen LogP contribution is 2.31. The van der Waals surface area contributed by atoms with Gasteiger partial charge < -0.3 is 9.30 Å². The molecule has 3 aromatic rings. The second kappa shape index (κ2) is 5.44. The van der Waals surface area contributed by atoms with Gasteiger partial charge in [0, 0.05) is 28.3 Å². The maximum atomic E-state index is 5.45. The number of fused-ring (bicyclic) bond motifs is 3. The van der Waals surface area contributed by atoms with Gasteiger partial charge in [0.2, 0.25) is 0 Å². The Balaban J connectivity index is 1.88. The monoisotopic (exact) mass is 344 g/mol. The van der Waals surface area contributed by atoms with Crippen molar-refractivity contribution in [3.8, 4) is 0 Å². The molecule has 0 N–H and O–H groups in total. The summed E-state index contributed by atoms with van der Waals surface area (Å²) in [5.41, 5.74) is 2.60. The summed E-state index contributed by atoms with van der Waals surface area (Å²) in [4.78, 5) is 2.46. The highest BCUT2D eigenvalue weighted by Gasteiger charge is 2.15. The lowest BCUT2D eigenvalue weighted by atomic mass is 10.2. The van der Waals surface area contributed by atoms with Gasteiger partial charge in [-0.05, 0) is 24.3 Å². The Morgan fingerprint density at radius 2 is 1.71 bits per heavy atom. The van der Waals surface area contributed by atoms with E-state index in [1.165, 1.54) is 21.8 Å². The molecule has 3 nitrogen and oxygen atoms in total. The number of hydrogen-bond acceptors (Lipinski definition) is 2. The number of benzene rings is 2. The van der Waals surface area contributed by atoms with Gasteiger partial charge in [0.1, 0.15) is 0 Å². The van der Waals surface area contributed by atoms with Crippen LogP contribution in [0.1, 0.15) is 0 Å². The molecule has 0 radical (unpaired) electrons. The predicted octanol–water partition coefficient (Wildman–Crippen LogP) is 3.85. The van der Waals surface area contributed by atoms with E-state index in [2.05, 4.69) is 67.9 Å². The number of ether oxygens (including phenoxy) is 1. The Labute approximate surface area is 132 Å². The molecule has 0 aliphatic carbocycles. The van der Waals surface area contributed by atoms with Crippen molar-refractivity contribution in [3.05, 3.63) is 46.9 Å². The Hall–Kier alpha value is -1.36. The van der Waals surface area contributed by atoms with Crippen LogP contribution in [0.15, 0.2) is 46.9 Å². The molecule has 4 rings (SSSR count). The summed E-state index contributed by atoms with van der Waals surface area (Å²) >= 11 is 3.59. The third kappa shape index (κ3) is 2.37. The number of aromatic nitrogens is 1. The van der Waals surface area contributed by atoms with Crippen molar-refractivity contribution in [2.24, 2.45) is 0 Å². The lowest BCUT2D eigenvalue weighted by Gasteiger charge is -2.27. The van der Waals surface area contributed by atoms with Gasteiger partial charge in [-0.2, -0.15) is 0 Å². The highest BCUT2D eigenvalue weighted by molar-refractivity contribution is 9.10. The van der Waals surface area contributed by atoms with Crippen LogP contribution >= 0.6 is 15.9 Å². The second-order valence-electron chi connectivity index (χ2n) is 5.48. The molecular weight excluding hydrogens is 328 g/mol. The molecule has 1 aromatic heterocycles. The summed E-state index contributed by atoms with van der Waals surface area (Å²) in [6.45, 7) is 4.61. The van der Waals surface area contributed by atoms with Crippen LogP contribution < -0.4 is 0 Å². The zero-order chi connectivity index (χ0) is 14.2. The molecule has 0 saturated carbocycles. The van der Waals surface area contributed by atoms with E-state index in [0.29, 0.717) is 0 Å². The maximum Gasteiger partial charge on any atom is 0.0758 e. The summed E-state index contributed by atoms with van der Waals surface area (Å²) in [6.07, 6.45) is 0.